The SMILES string of the molecule is O=C(CN1C(=O)N[C@]2(CCCCc3ccccc32)C1=O)NCc1ccco1. The van der Waals surface area contributed by atoms with Crippen molar-refractivity contribution < 1.29 is 18.8 Å². The Balaban J connectivity index is 1.53. The zero-order valence-electron chi connectivity index (χ0n) is 14.9. The van der Waals surface area contributed by atoms with Crippen molar-refractivity contribution in [2.24, 2.45) is 0 Å². The molecule has 1 atom stereocenters. The Morgan fingerprint density at radius 3 is 2.85 bits per heavy atom. The van der Waals surface area contributed by atoms with Gasteiger partial charge in [0.2, 0.25) is 5.91 Å². The van der Waals surface area contributed by atoms with Gasteiger partial charge in [0.05, 0.1) is 12.8 Å². The zero-order chi connectivity index (χ0) is 18.9. The number of aryl methyl sites for hydroxylation is 1. The first-order chi connectivity index (χ1) is 13.1. The van der Waals surface area contributed by atoms with Crippen LogP contribution in [0.1, 0.15) is 36.1 Å². The summed E-state index contributed by atoms with van der Waals surface area (Å²) in [6.07, 6.45) is 4.74. The van der Waals surface area contributed by atoms with E-state index in [1.165, 1.54) is 6.26 Å². The third-order valence-electron chi connectivity index (χ3n) is 5.24. The van der Waals surface area contributed by atoms with E-state index in [1.807, 2.05) is 24.3 Å². The van der Waals surface area contributed by atoms with E-state index in [9.17, 15) is 14.4 Å². The average molecular weight is 367 g/mol. The predicted molar refractivity (Wildman–Crippen MR) is 96.5 cm³/mol. The summed E-state index contributed by atoms with van der Waals surface area (Å²) in [6, 6.07) is 10.7. The van der Waals surface area contributed by atoms with E-state index < -0.39 is 17.5 Å². The van der Waals surface area contributed by atoms with Gasteiger partial charge in [-0.3, -0.25) is 14.5 Å². The van der Waals surface area contributed by atoms with Gasteiger partial charge >= 0.3 is 6.03 Å². The maximum absolute atomic E-state index is 13.2. The Labute approximate surface area is 156 Å². The highest BCUT2D eigenvalue weighted by Crippen LogP contribution is 2.38. The Kier molecular flexibility index (Phi) is 4.43. The normalized spacial score (nSPS) is 21.7. The maximum Gasteiger partial charge on any atom is 0.325 e. The van der Waals surface area contributed by atoms with Crippen LogP contribution in [0.5, 0.6) is 0 Å². The number of fused-ring (bicyclic) bond motifs is 2. The molecule has 2 aliphatic rings. The van der Waals surface area contributed by atoms with Gasteiger partial charge in [0, 0.05) is 0 Å². The second-order valence-electron chi connectivity index (χ2n) is 6.95. The van der Waals surface area contributed by atoms with Gasteiger partial charge in [0.15, 0.2) is 0 Å². The number of nitrogens with one attached hydrogen (secondary N) is 2. The van der Waals surface area contributed by atoms with Crippen LogP contribution in [-0.4, -0.2) is 29.3 Å². The summed E-state index contributed by atoms with van der Waals surface area (Å²) < 4.78 is 5.16. The van der Waals surface area contributed by atoms with Crippen LogP contribution in [0.15, 0.2) is 47.1 Å². The van der Waals surface area contributed by atoms with Crippen molar-refractivity contribution >= 4 is 17.8 Å². The molecular weight excluding hydrogens is 346 g/mol. The van der Waals surface area contributed by atoms with Crippen molar-refractivity contribution in [1.82, 2.24) is 15.5 Å². The van der Waals surface area contributed by atoms with Gasteiger partial charge in [-0.2, -0.15) is 0 Å². The number of rotatable bonds is 4. The number of hydrogen-bond donors (Lipinski definition) is 2. The molecule has 7 heteroatoms. The summed E-state index contributed by atoms with van der Waals surface area (Å²) in [4.78, 5) is 39.0. The minimum absolute atomic E-state index is 0.212. The van der Waals surface area contributed by atoms with Crippen molar-refractivity contribution in [3.63, 3.8) is 0 Å². The lowest BCUT2D eigenvalue weighted by Crippen LogP contribution is -2.45. The van der Waals surface area contributed by atoms with E-state index in [-0.39, 0.29) is 19.0 Å². The Bertz CT molecular complexity index is 877. The quantitative estimate of drug-likeness (QED) is 0.810. The first kappa shape index (κ1) is 17.3. The number of benzene rings is 1. The molecule has 1 saturated heterocycles. The second kappa shape index (κ2) is 6.90. The minimum Gasteiger partial charge on any atom is -0.467 e. The largest absolute Gasteiger partial charge is 0.467 e. The minimum atomic E-state index is -1.06. The molecule has 1 aliphatic heterocycles. The van der Waals surface area contributed by atoms with E-state index in [2.05, 4.69) is 10.6 Å². The van der Waals surface area contributed by atoms with Crippen molar-refractivity contribution in [1.29, 1.82) is 0 Å². The molecule has 4 rings (SSSR count). The molecule has 140 valence electrons. The lowest BCUT2D eigenvalue weighted by molar-refractivity contribution is -0.135. The van der Waals surface area contributed by atoms with Gasteiger partial charge < -0.3 is 15.1 Å². The standard InChI is InChI=1S/C20H21N3O4/c24-17(21-12-15-8-5-11-27-15)13-23-18(25)20(22-19(23)26)10-4-3-7-14-6-1-2-9-16(14)20/h1-2,5-6,8-9,11H,3-4,7,10,12-13H2,(H,21,24)(H,22,26)/t20-/m0/s1. The molecule has 0 bridgehead atoms. The lowest BCUT2D eigenvalue weighted by Gasteiger charge is -2.27. The number of carbonyl (C=O) groups is 3. The Hall–Kier alpha value is -3.09. The van der Waals surface area contributed by atoms with Gasteiger partial charge in [-0.05, 0) is 48.9 Å². The molecule has 2 heterocycles. The number of carbonyl (C=O) groups excluding carboxylic acids is 3. The maximum atomic E-state index is 13.2. The highest BCUT2D eigenvalue weighted by molar-refractivity contribution is 6.09. The number of imide groups is 1. The lowest BCUT2D eigenvalue weighted by atomic mass is 9.84. The van der Waals surface area contributed by atoms with Crippen molar-refractivity contribution in [3.05, 3.63) is 59.5 Å². The van der Waals surface area contributed by atoms with Gasteiger partial charge in [0.25, 0.3) is 5.91 Å². The molecule has 0 saturated carbocycles. The molecule has 1 spiro atoms. The monoisotopic (exact) mass is 367 g/mol. The summed E-state index contributed by atoms with van der Waals surface area (Å²) >= 11 is 0. The highest BCUT2D eigenvalue weighted by atomic mass is 16.3. The number of nitrogens with zero attached hydrogens (tertiary/aromatic N) is 1. The van der Waals surface area contributed by atoms with Crippen LogP contribution in [-0.2, 0) is 28.1 Å². The van der Waals surface area contributed by atoms with E-state index in [0.29, 0.717) is 12.2 Å². The fourth-order valence-corrected chi connectivity index (χ4v) is 3.91. The van der Waals surface area contributed by atoms with Crippen LogP contribution in [0.3, 0.4) is 0 Å². The molecule has 1 aromatic carbocycles. The van der Waals surface area contributed by atoms with Gasteiger partial charge in [-0.25, -0.2) is 4.79 Å². The number of hydrogen-bond acceptors (Lipinski definition) is 4. The fourth-order valence-electron chi connectivity index (χ4n) is 3.91. The molecule has 1 aromatic heterocycles. The van der Waals surface area contributed by atoms with E-state index >= 15 is 0 Å². The Morgan fingerprint density at radius 1 is 1.19 bits per heavy atom. The molecule has 1 aliphatic carbocycles. The number of amides is 4. The molecule has 7 nitrogen and oxygen atoms in total. The summed E-state index contributed by atoms with van der Waals surface area (Å²) in [6.45, 7) is -0.0985. The summed E-state index contributed by atoms with van der Waals surface area (Å²) in [5, 5.41) is 5.55. The van der Waals surface area contributed by atoms with E-state index in [1.54, 1.807) is 12.1 Å². The van der Waals surface area contributed by atoms with Crippen LogP contribution in [0.2, 0.25) is 0 Å². The van der Waals surface area contributed by atoms with E-state index in [0.717, 1.165) is 35.3 Å². The first-order valence-electron chi connectivity index (χ1n) is 9.12. The number of urea groups is 1. The summed E-state index contributed by atoms with van der Waals surface area (Å²) in [5.41, 5.74) is 0.859. The van der Waals surface area contributed by atoms with Gasteiger partial charge in [0.1, 0.15) is 17.8 Å². The molecule has 4 amide bonds. The summed E-state index contributed by atoms with van der Waals surface area (Å²) in [7, 11) is 0. The van der Waals surface area contributed by atoms with Crippen LogP contribution in [0.4, 0.5) is 4.79 Å². The van der Waals surface area contributed by atoms with E-state index in [4.69, 9.17) is 4.42 Å². The van der Waals surface area contributed by atoms with Crippen molar-refractivity contribution in [2.45, 2.75) is 37.8 Å². The number of furan rings is 1. The third kappa shape index (κ3) is 3.09. The van der Waals surface area contributed by atoms with Crippen molar-refractivity contribution in [2.75, 3.05) is 6.54 Å². The fraction of sp³-hybridized carbons (Fsp3) is 0.350. The second-order valence-corrected chi connectivity index (χ2v) is 6.95. The first-order valence-corrected chi connectivity index (χ1v) is 9.12. The van der Waals surface area contributed by atoms with Gasteiger partial charge in [-0.1, -0.05) is 24.3 Å². The third-order valence-corrected chi connectivity index (χ3v) is 5.24. The summed E-state index contributed by atoms with van der Waals surface area (Å²) in [5.74, 6) is -0.154. The van der Waals surface area contributed by atoms with Crippen LogP contribution >= 0.6 is 0 Å². The predicted octanol–water partition coefficient (Wildman–Crippen LogP) is 2.07. The van der Waals surface area contributed by atoms with Crippen LogP contribution < -0.4 is 10.6 Å². The molecule has 0 radical (unpaired) electrons. The zero-order valence-corrected chi connectivity index (χ0v) is 14.9. The molecule has 2 N–H and O–H groups in total. The Morgan fingerprint density at radius 2 is 2.04 bits per heavy atom. The topological polar surface area (TPSA) is 91.7 Å². The average Bonchev–Trinajstić information content (AvgIpc) is 3.21. The smallest absolute Gasteiger partial charge is 0.325 e. The van der Waals surface area contributed by atoms with Crippen LogP contribution in [0, 0.1) is 0 Å². The molecule has 27 heavy (non-hydrogen) atoms. The van der Waals surface area contributed by atoms with Gasteiger partial charge in [-0.15, -0.1) is 0 Å². The molecular formula is C20H21N3O4. The van der Waals surface area contributed by atoms with Crippen molar-refractivity contribution in [3.8, 4) is 0 Å². The highest BCUT2D eigenvalue weighted by Gasteiger charge is 2.53. The van der Waals surface area contributed by atoms with Crippen LogP contribution in [0.25, 0.3) is 0 Å². The molecule has 0 unspecified atom stereocenters. The molecule has 1 fully saturated rings. The molecule has 2 aromatic rings.